The summed E-state index contributed by atoms with van der Waals surface area (Å²) in [4.78, 5) is 14.1. The van der Waals surface area contributed by atoms with Crippen molar-refractivity contribution in [2.75, 3.05) is 6.61 Å². The largest absolute Gasteiger partial charge is 0.504 e. The topological polar surface area (TPSA) is 49.8 Å². The van der Waals surface area contributed by atoms with Gasteiger partial charge in [-0.15, -0.1) is 0 Å². The Bertz CT molecular complexity index is 700. The highest BCUT2D eigenvalue weighted by molar-refractivity contribution is 5.78. The normalized spacial score (nSPS) is 13.6. The van der Waals surface area contributed by atoms with Crippen LogP contribution in [-0.2, 0) is 11.3 Å². The number of carbonyl (C=O) groups is 1. The van der Waals surface area contributed by atoms with Crippen molar-refractivity contribution >= 4 is 5.91 Å². The van der Waals surface area contributed by atoms with E-state index in [9.17, 15) is 14.3 Å². The van der Waals surface area contributed by atoms with E-state index < -0.39 is 0 Å². The lowest BCUT2D eigenvalue weighted by atomic mass is 10.2. The summed E-state index contributed by atoms with van der Waals surface area (Å²) in [5, 5.41) is 9.66. The number of halogens is 1. The predicted molar refractivity (Wildman–Crippen MR) is 83.6 cm³/mol. The van der Waals surface area contributed by atoms with Crippen molar-refractivity contribution in [1.82, 2.24) is 4.90 Å². The standard InChI is InChI=1S/C18H18FNO3/c19-15-6-2-1-5-13(15)11-20(14-9-10-14)18(22)12-23-17-8-4-3-7-16(17)21/h1-8,14,21H,9-12H2. The van der Waals surface area contributed by atoms with Crippen molar-refractivity contribution in [3.8, 4) is 11.5 Å². The summed E-state index contributed by atoms with van der Waals surface area (Å²) < 4.78 is 19.2. The summed E-state index contributed by atoms with van der Waals surface area (Å²) in [6.07, 6.45) is 1.85. The van der Waals surface area contributed by atoms with E-state index in [1.165, 1.54) is 12.1 Å². The number of para-hydroxylation sites is 2. The Morgan fingerprint density at radius 2 is 1.87 bits per heavy atom. The van der Waals surface area contributed by atoms with Crippen molar-refractivity contribution < 1.29 is 19.0 Å². The van der Waals surface area contributed by atoms with Gasteiger partial charge in [0, 0.05) is 18.2 Å². The molecule has 4 nitrogen and oxygen atoms in total. The molecule has 0 saturated heterocycles. The highest BCUT2D eigenvalue weighted by atomic mass is 19.1. The number of phenolic OH excluding ortho intramolecular Hbond substituents is 1. The predicted octanol–water partition coefficient (Wildman–Crippen LogP) is 3.10. The van der Waals surface area contributed by atoms with Gasteiger partial charge in [0.15, 0.2) is 18.1 Å². The van der Waals surface area contributed by atoms with E-state index in [1.54, 1.807) is 41.3 Å². The monoisotopic (exact) mass is 315 g/mol. The van der Waals surface area contributed by atoms with E-state index in [2.05, 4.69) is 0 Å². The summed E-state index contributed by atoms with van der Waals surface area (Å²) in [7, 11) is 0. The van der Waals surface area contributed by atoms with Crippen molar-refractivity contribution in [3.05, 3.63) is 59.9 Å². The molecule has 1 amide bonds. The first kappa shape index (κ1) is 15.3. The number of phenols is 1. The molecule has 23 heavy (non-hydrogen) atoms. The molecular formula is C18H18FNO3. The third-order valence-electron chi connectivity index (χ3n) is 3.82. The molecule has 120 valence electrons. The average Bonchev–Trinajstić information content (AvgIpc) is 3.38. The Hall–Kier alpha value is -2.56. The van der Waals surface area contributed by atoms with E-state index in [4.69, 9.17) is 4.74 Å². The van der Waals surface area contributed by atoms with Crippen LogP contribution in [0.1, 0.15) is 18.4 Å². The minimum atomic E-state index is -0.312. The summed E-state index contributed by atoms with van der Waals surface area (Å²) in [6, 6.07) is 13.1. The first-order chi connectivity index (χ1) is 11.1. The summed E-state index contributed by atoms with van der Waals surface area (Å²) in [6.45, 7) is 0.0584. The van der Waals surface area contributed by atoms with Crippen molar-refractivity contribution in [3.63, 3.8) is 0 Å². The van der Waals surface area contributed by atoms with Crippen LogP contribution in [0.4, 0.5) is 4.39 Å². The lowest BCUT2D eigenvalue weighted by Crippen LogP contribution is -2.36. The van der Waals surface area contributed by atoms with E-state index in [0.29, 0.717) is 5.56 Å². The fourth-order valence-corrected chi connectivity index (χ4v) is 2.42. The van der Waals surface area contributed by atoms with E-state index >= 15 is 0 Å². The molecule has 0 unspecified atom stereocenters. The molecule has 2 aromatic carbocycles. The highest BCUT2D eigenvalue weighted by Gasteiger charge is 2.33. The average molecular weight is 315 g/mol. The number of hydrogen-bond donors (Lipinski definition) is 1. The Kier molecular flexibility index (Phi) is 4.46. The molecule has 1 aliphatic carbocycles. The number of benzene rings is 2. The fraction of sp³-hybridized carbons (Fsp3) is 0.278. The highest BCUT2D eigenvalue weighted by Crippen LogP contribution is 2.29. The molecule has 0 aliphatic heterocycles. The quantitative estimate of drug-likeness (QED) is 0.891. The minimum absolute atomic E-state index is 0.00706. The lowest BCUT2D eigenvalue weighted by molar-refractivity contribution is -0.134. The molecule has 3 rings (SSSR count). The Morgan fingerprint density at radius 1 is 1.17 bits per heavy atom. The maximum atomic E-state index is 13.8. The first-order valence-electron chi connectivity index (χ1n) is 7.59. The number of rotatable bonds is 6. The molecule has 0 spiro atoms. The van der Waals surface area contributed by atoms with E-state index in [1.807, 2.05) is 0 Å². The molecule has 0 aromatic heterocycles. The Balaban J connectivity index is 1.65. The zero-order chi connectivity index (χ0) is 16.2. The Labute approximate surface area is 134 Å². The van der Waals surface area contributed by atoms with Crippen molar-refractivity contribution in [1.29, 1.82) is 0 Å². The summed E-state index contributed by atoms with van der Waals surface area (Å²) in [5.74, 6) is -0.263. The number of ether oxygens (including phenoxy) is 1. The second-order valence-electron chi connectivity index (χ2n) is 5.60. The molecule has 0 radical (unpaired) electrons. The van der Waals surface area contributed by atoms with Gasteiger partial charge in [-0.1, -0.05) is 30.3 Å². The van der Waals surface area contributed by atoms with E-state index in [0.717, 1.165) is 12.8 Å². The van der Waals surface area contributed by atoms with Crippen molar-refractivity contribution in [2.24, 2.45) is 0 Å². The maximum absolute atomic E-state index is 13.8. The number of hydrogen-bond acceptors (Lipinski definition) is 3. The molecule has 1 saturated carbocycles. The lowest BCUT2D eigenvalue weighted by Gasteiger charge is -2.23. The van der Waals surface area contributed by atoms with Gasteiger partial charge in [-0.05, 0) is 31.0 Å². The van der Waals surface area contributed by atoms with Crippen LogP contribution in [0.25, 0.3) is 0 Å². The van der Waals surface area contributed by atoms with Gasteiger partial charge in [-0.3, -0.25) is 4.79 Å². The fourth-order valence-electron chi connectivity index (χ4n) is 2.42. The smallest absolute Gasteiger partial charge is 0.261 e. The first-order valence-corrected chi connectivity index (χ1v) is 7.59. The molecule has 0 heterocycles. The zero-order valence-corrected chi connectivity index (χ0v) is 12.6. The Morgan fingerprint density at radius 3 is 2.57 bits per heavy atom. The van der Waals surface area contributed by atoms with Crippen LogP contribution >= 0.6 is 0 Å². The van der Waals surface area contributed by atoms with Crippen LogP contribution in [-0.4, -0.2) is 28.6 Å². The van der Waals surface area contributed by atoms with Crippen LogP contribution < -0.4 is 4.74 Å². The number of amides is 1. The van der Waals surface area contributed by atoms with Crippen LogP contribution in [0.15, 0.2) is 48.5 Å². The van der Waals surface area contributed by atoms with Gasteiger partial charge < -0.3 is 14.7 Å². The molecule has 1 fully saturated rings. The van der Waals surface area contributed by atoms with Gasteiger partial charge >= 0.3 is 0 Å². The molecule has 2 aromatic rings. The maximum Gasteiger partial charge on any atom is 0.261 e. The molecule has 0 bridgehead atoms. The van der Waals surface area contributed by atoms with Gasteiger partial charge in [-0.2, -0.15) is 0 Å². The van der Waals surface area contributed by atoms with Gasteiger partial charge in [0.25, 0.3) is 5.91 Å². The zero-order valence-electron chi connectivity index (χ0n) is 12.6. The third kappa shape index (κ3) is 3.80. The molecular weight excluding hydrogens is 297 g/mol. The van der Waals surface area contributed by atoms with Crippen LogP contribution in [0.3, 0.4) is 0 Å². The van der Waals surface area contributed by atoms with Crippen LogP contribution in [0.2, 0.25) is 0 Å². The van der Waals surface area contributed by atoms with E-state index in [-0.39, 0.29) is 42.4 Å². The van der Waals surface area contributed by atoms with Gasteiger partial charge in [0.1, 0.15) is 5.82 Å². The third-order valence-corrected chi connectivity index (χ3v) is 3.82. The number of carbonyl (C=O) groups excluding carboxylic acids is 1. The second kappa shape index (κ2) is 6.69. The van der Waals surface area contributed by atoms with Crippen molar-refractivity contribution in [2.45, 2.75) is 25.4 Å². The minimum Gasteiger partial charge on any atom is -0.504 e. The molecule has 1 N–H and O–H groups in total. The second-order valence-corrected chi connectivity index (χ2v) is 5.60. The number of nitrogens with zero attached hydrogens (tertiary/aromatic N) is 1. The van der Waals surface area contributed by atoms with Crippen LogP contribution in [0.5, 0.6) is 11.5 Å². The van der Waals surface area contributed by atoms with Gasteiger partial charge in [0.2, 0.25) is 0 Å². The number of aromatic hydroxyl groups is 1. The van der Waals surface area contributed by atoms with Gasteiger partial charge in [-0.25, -0.2) is 4.39 Å². The SMILES string of the molecule is O=C(COc1ccccc1O)N(Cc1ccccc1F)C1CC1. The molecule has 0 atom stereocenters. The van der Waals surface area contributed by atoms with Crippen LogP contribution in [0, 0.1) is 5.82 Å². The van der Waals surface area contributed by atoms with Gasteiger partial charge in [0.05, 0.1) is 0 Å². The molecule has 1 aliphatic rings. The summed E-state index contributed by atoms with van der Waals surface area (Å²) >= 11 is 0. The summed E-state index contributed by atoms with van der Waals surface area (Å²) in [5.41, 5.74) is 0.496. The molecule has 5 heteroatoms.